The SMILES string of the molecule is CCC(CC)n1ccc(CC(=O)c2cccc(F)c2F)n1. The van der Waals surface area contributed by atoms with E-state index in [2.05, 4.69) is 18.9 Å². The quantitative estimate of drug-likeness (QED) is 0.756. The number of carbonyl (C=O) groups is 1. The van der Waals surface area contributed by atoms with Crippen LogP contribution in [0.4, 0.5) is 8.78 Å². The minimum atomic E-state index is -1.10. The smallest absolute Gasteiger partial charge is 0.171 e. The largest absolute Gasteiger partial charge is 0.294 e. The van der Waals surface area contributed by atoms with E-state index in [1.807, 2.05) is 10.9 Å². The number of benzene rings is 1. The van der Waals surface area contributed by atoms with Crippen LogP contribution in [0.2, 0.25) is 0 Å². The lowest BCUT2D eigenvalue weighted by Crippen LogP contribution is -2.10. The zero-order valence-electron chi connectivity index (χ0n) is 12.1. The molecule has 0 aliphatic rings. The van der Waals surface area contributed by atoms with Gasteiger partial charge in [0.25, 0.3) is 0 Å². The van der Waals surface area contributed by atoms with Gasteiger partial charge in [0.05, 0.1) is 23.7 Å². The van der Waals surface area contributed by atoms with Gasteiger partial charge in [-0.25, -0.2) is 8.78 Å². The molecule has 3 nitrogen and oxygen atoms in total. The number of carbonyl (C=O) groups excluding carboxylic acids is 1. The Morgan fingerprint density at radius 1 is 1.24 bits per heavy atom. The van der Waals surface area contributed by atoms with Crippen LogP contribution in [-0.2, 0) is 6.42 Å². The maximum absolute atomic E-state index is 13.6. The molecular weight excluding hydrogens is 274 g/mol. The molecule has 0 saturated carbocycles. The molecule has 21 heavy (non-hydrogen) atoms. The van der Waals surface area contributed by atoms with Gasteiger partial charge in [0.15, 0.2) is 17.4 Å². The van der Waals surface area contributed by atoms with Crippen molar-refractivity contribution in [3.8, 4) is 0 Å². The molecule has 0 atom stereocenters. The van der Waals surface area contributed by atoms with Gasteiger partial charge in [0.2, 0.25) is 0 Å². The van der Waals surface area contributed by atoms with Crippen LogP contribution in [0.25, 0.3) is 0 Å². The zero-order valence-corrected chi connectivity index (χ0v) is 12.1. The molecule has 1 aromatic heterocycles. The van der Waals surface area contributed by atoms with Crippen molar-refractivity contribution in [1.82, 2.24) is 9.78 Å². The molecule has 0 aliphatic heterocycles. The highest BCUT2D eigenvalue weighted by atomic mass is 19.2. The summed E-state index contributed by atoms with van der Waals surface area (Å²) in [6.45, 7) is 4.14. The van der Waals surface area contributed by atoms with E-state index in [9.17, 15) is 13.6 Å². The lowest BCUT2D eigenvalue weighted by Gasteiger charge is -2.12. The number of hydrogen-bond acceptors (Lipinski definition) is 2. The Morgan fingerprint density at radius 3 is 2.62 bits per heavy atom. The number of hydrogen-bond donors (Lipinski definition) is 0. The van der Waals surface area contributed by atoms with Crippen molar-refractivity contribution < 1.29 is 13.6 Å². The number of nitrogens with zero attached hydrogens (tertiary/aromatic N) is 2. The van der Waals surface area contributed by atoms with Gasteiger partial charge < -0.3 is 0 Å². The van der Waals surface area contributed by atoms with Crippen molar-refractivity contribution in [2.75, 3.05) is 0 Å². The third kappa shape index (κ3) is 3.35. The fourth-order valence-electron chi connectivity index (χ4n) is 2.32. The van der Waals surface area contributed by atoms with E-state index in [1.54, 1.807) is 6.07 Å². The van der Waals surface area contributed by atoms with Crippen LogP contribution in [0.1, 0.15) is 48.8 Å². The first-order valence-electron chi connectivity index (χ1n) is 7.08. The van der Waals surface area contributed by atoms with Crippen LogP contribution < -0.4 is 0 Å². The minimum Gasteiger partial charge on any atom is -0.294 e. The van der Waals surface area contributed by atoms with Gasteiger partial charge in [-0.15, -0.1) is 0 Å². The van der Waals surface area contributed by atoms with Gasteiger partial charge in [-0.3, -0.25) is 9.48 Å². The lowest BCUT2D eigenvalue weighted by molar-refractivity contribution is 0.0986. The van der Waals surface area contributed by atoms with Crippen LogP contribution in [0.3, 0.4) is 0 Å². The van der Waals surface area contributed by atoms with Crippen LogP contribution in [0.15, 0.2) is 30.5 Å². The first-order valence-corrected chi connectivity index (χ1v) is 7.08. The molecule has 112 valence electrons. The second kappa shape index (κ2) is 6.61. The Morgan fingerprint density at radius 2 is 1.95 bits per heavy atom. The molecule has 0 aliphatic carbocycles. The Hall–Kier alpha value is -2.04. The third-order valence-corrected chi connectivity index (χ3v) is 3.57. The topological polar surface area (TPSA) is 34.9 Å². The Kier molecular flexibility index (Phi) is 4.83. The zero-order chi connectivity index (χ0) is 15.4. The van der Waals surface area contributed by atoms with Crippen LogP contribution in [0, 0.1) is 11.6 Å². The van der Waals surface area contributed by atoms with Crippen molar-refractivity contribution in [3.63, 3.8) is 0 Å². The van der Waals surface area contributed by atoms with E-state index in [4.69, 9.17) is 0 Å². The average molecular weight is 292 g/mol. The molecule has 0 fully saturated rings. The van der Waals surface area contributed by atoms with E-state index >= 15 is 0 Å². The van der Waals surface area contributed by atoms with Crippen LogP contribution in [-0.4, -0.2) is 15.6 Å². The Labute approximate surface area is 122 Å². The fourth-order valence-corrected chi connectivity index (χ4v) is 2.32. The predicted molar refractivity (Wildman–Crippen MR) is 76.2 cm³/mol. The van der Waals surface area contributed by atoms with Crippen LogP contribution in [0.5, 0.6) is 0 Å². The second-order valence-corrected chi connectivity index (χ2v) is 4.96. The number of aromatic nitrogens is 2. The molecule has 0 saturated heterocycles. The van der Waals surface area contributed by atoms with E-state index < -0.39 is 17.4 Å². The van der Waals surface area contributed by atoms with E-state index in [-0.39, 0.29) is 12.0 Å². The standard InChI is InChI=1S/C16H18F2N2O/c1-3-12(4-2)20-9-8-11(19-20)10-15(21)13-6-5-7-14(17)16(13)18/h5-9,12H,3-4,10H2,1-2H3. The van der Waals surface area contributed by atoms with Crippen molar-refractivity contribution in [2.45, 2.75) is 39.2 Å². The van der Waals surface area contributed by atoms with E-state index in [1.165, 1.54) is 12.1 Å². The molecule has 5 heteroatoms. The van der Waals surface area contributed by atoms with Crippen molar-refractivity contribution in [2.24, 2.45) is 0 Å². The van der Waals surface area contributed by atoms with Gasteiger partial charge in [0, 0.05) is 6.20 Å². The molecule has 0 spiro atoms. The summed E-state index contributed by atoms with van der Waals surface area (Å²) < 4.78 is 28.5. The molecule has 0 bridgehead atoms. The molecule has 2 aromatic rings. The molecule has 2 rings (SSSR count). The summed E-state index contributed by atoms with van der Waals surface area (Å²) in [5.74, 6) is -2.58. The highest BCUT2D eigenvalue weighted by Crippen LogP contribution is 2.17. The summed E-state index contributed by atoms with van der Waals surface area (Å²) in [4.78, 5) is 12.0. The van der Waals surface area contributed by atoms with E-state index in [0.717, 1.165) is 18.9 Å². The van der Waals surface area contributed by atoms with Gasteiger partial charge in [-0.2, -0.15) is 5.10 Å². The van der Waals surface area contributed by atoms with Gasteiger partial charge in [-0.05, 0) is 31.0 Å². The van der Waals surface area contributed by atoms with Crippen molar-refractivity contribution in [3.05, 3.63) is 53.4 Å². The number of Topliss-reactive ketones (excluding diaryl/α,β-unsaturated/α-hetero) is 1. The summed E-state index contributed by atoms with van der Waals surface area (Å²) in [7, 11) is 0. The number of ketones is 1. The van der Waals surface area contributed by atoms with Crippen LogP contribution >= 0.6 is 0 Å². The number of halogens is 2. The van der Waals surface area contributed by atoms with Gasteiger partial charge >= 0.3 is 0 Å². The lowest BCUT2D eigenvalue weighted by atomic mass is 10.1. The Balaban J connectivity index is 2.15. The molecule has 0 amide bonds. The van der Waals surface area contributed by atoms with Gasteiger partial charge in [0.1, 0.15) is 0 Å². The predicted octanol–water partition coefficient (Wildman–Crippen LogP) is 3.95. The summed E-state index contributed by atoms with van der Waals surface area (Å²) >= 11 is 0. The normalized spacial score (nSPS) is 11.1. The average Bonchev–Trinajstić information content (AvgIpc) is 2.91. The molecule has 1 aromatic carbocycles. The van der Waals surface area contributed by atoms with Crippen molar-refractivity contribution >= 4 is 5.78 Å². The van der Waals surface area contributed by atoms with Crippen molar-refractivity contribution in [1.29, 1.82) is 0 Å². The number of rotatable bonds is 6. The Bertz CT molecular complexity index is 633. The monoisotopic (exact) mass is 292 g/mol. The maximum atomic E-state index is 13.6. The van der Waals surface area contributed by atoms with Gasteiger partial charge in [-0.1, -0.05) is 19.9 Å². The highest BCUT2D eigenvalue weighted by Gasteiger charge is 2.17. The minimum absolute atomic E-state index is 0.0342. The fraction of sp³-hybridized carbons (Fsp3) is 0.375. The second-order valence-electron chi connectivity index (χ2n) is 4.96. The summed E-state index contributed by atoms with van der Waals surface area (Å²) in [5.41, 5.74) is 0.336. The molecule has 0 N–H and O–H groups in total. The third-order valence-electron chi connectivity index (χ3n) is 3.57. The maximum Gasteiger partial charge on any atom is 0.171 e. The first-order chi connectivity index (χ1) is 10.1. The summed E-state index contributed by atoms with van der Waals surface area (Å²) in [6.07, 6.45) is 3.68. The molecular formula is C16H18F2N2O. The molecule has 0 radical (unpaired) electrons. The highest BCUT2D eigenvalue weighted by molar-refractivity contribution is 5.97. The first kappa shape index (κ1) is 15.4. The molecule has 0 unspecified atom stereocenters. The molecule has 1 heterocycles. The summed E-state index contributed by atoms with van der Waals surface area (Å²) in [6, 6.07) is 5.65. The van der Waals surface area contributed by atoms with E-state index in [0.29, 0.717) is 11.7 Å². The summed E-state index contributed by atoms with van der Waals surface area (Å²) in [5, 5.41) is 4.35.